The van der Waals surface area contributed by atoms with Crippen LogP contribution in [0, 0.1) is 11.8 Å². The maximum atomic E-state index is 13.5. The predicted octanol–water partition coefficient (Wildman–Crippen LogP) is 4.06. The van der Waals surface area contributed by atoms with E-state index in [4.69, 9.17) is 0 Å². The van der Waals surface area contributed by atoms with Gasteiger partial charge in [-0.1, -0.05) is 36.3 Å². The molecule has 0 radical (unpaired) electrons. The number of rotatable bonds is 2. The smallest absolute Gasteiger partial charge is 0.243 e. The molecule has 4 heteroatoms. The number of carbonyl (C=O) groups excluding carboxylic acids is 1. The van der Waals surface area contributed by atoms with Crippen LogP contribution in [0.1, 0.15) is 38.5 Å². The van der Waals surface area contributed by atoms with Gasteiger partial charge in [-0.2, -0.15) is 0 Å². The molecule has 0 N–H and O–H groups in total. The molecular weight excluding hydrogens is 358 g/mol. The summed E-state index contributed by atoms with van der Waals surface area (Å²) in [5.74, 6) is 1.64. The van der Waals surface area contributed by atoms with Crippen LogP contribution in [0.5, 0.6) is 0 Å². The van der Waals surface area contributed by atoms with Crippen LogP contribution in [-0.4, -0.2) is 52.0 Å². The molecule has 3 saturated heterocycles. The fourth-order valence-electron chi connectivity index (χ4n) is 6.77. The summed E-state index contributed by atoms with van der Waals surface area (Å²) < 4.78 is 2.13. The van der Waals surface area contributed by atoms with Crippen molar-refractivity contribution in [3.63, 3.8) is 0 Å². The number of hydrogen-bond donors (Lipinski definition) is 0. The monoisotopic (exact) mass is 389 g/mol. The second-order valence-corrected chi connectivity index (χ2v) is 9.60. The molecule has 1 aliphatic carbocycles. The molecule has 29 heavy (non-hydrogen) atoms. The largest absolute Gasteiger partial charge is 0.338 e. The Bertz CT molecular complexity index is 960. The molecule has 3 fully saturated rings. The molecule has 4 aliphatic rings. The number of fused-ring (bicyclic) bond motifs is 7. The molecule has 1 aromatic carbocycles. The minimum absolute atomic E-state index is 0.293. The maximum Gasteiger partial charge on any atom is 0.243 e. The molecule has 0 spiro atoms. The zero-order chi connectivity index (χ0) is 19.4. The van der Waals surface area contributed by atoms with E-state index < -0.39 is 0 Å². The van der Waals surface area contributed by atoms with Crippen LogP contribution in [-0.2, 0) is 11.3 Å². The van der Waals surface area contributed by atoms with Gasteiger partial charge in [0.2, 0.25) is 5.91 Å². The summed E-state index contributed by atoms with van der Waals surface area (Å²) in [6, 6.07) is 11.6. The van der Waals surface area contributed by atoms with E-state index in [9.17, 15) is 4.79 Å². The lowest BCUT2D eigenvalue weighted by molar-refractivity contribution is -0.136. The zero-order valence-corrected chi connectivity index (χ0v) is 17.2. The van der Waals surface area contributed by atoms with Crippen molar-refractivity contribution in [3.05, 3.63) is 48.2 Å². The third-order valence-corrected chi connectivity index (χ3v) is 7.96. The topological polar surface area (TPSA) is 28.5 Å². The summed E-state index contributed by atoms with van der Waals surface area (Å²) >= 11 is 0. The molecule has 4 atom stereocenters. The number of carbonyl (C=O) groups is 1. The SMILES string of the molecule is O=C(Cn1ccc2ccccc21)N1CCCC2=C[C@H]3C[C@@H](CN4CCCC[C@H]34)[C@H]21. The first-order chi connectivity index (χ1) is 14.3. The second-order valence-electron chi connectivity index (χ2n) is 9.60. The van der Waals surface area contributed by atoms with Gasteiger partial charge in [0, 0.05) is 30.8 Å². The first-order valence-corrected chi connectivity index (χ1v) is 11.6. The van der Waals surface area contributed by atoms with E-state index in [0.717, 1.165) is 30.4 Å². The normalized spacial score (nSPS) is 31.9. The van der Waals surface area contributed by atoms with Crippen LogP contribution >= 0.6 is 0 Å². The molecule has 0 unspecified atom stereocenters. The highest BCUT2D eigenvalue weighted by Crippen LogP contribution is 2.45. The van der Waals surface area contributed by atoms with Crippen molar-refractivity contribution in [2.45, 2.75) is 57.2 Å². The molecule has 6 rings (SSSR count). The molecule has 1 aromatic heterocycles. The van der Waals surface area contributed by atoms with Crippen molar-refractivity contribution in [2.24, 2.45) is 11.8 Å². The first kappa shape index (κ1) is 17.8. The molecule has 4 heterocycles. The predicted molar refractivity (Wildman–Crippen MR) is 116 cm³/mol. The van der Waals surface area contributed by atoms with Gasteiger partial charge in [0.05, 0.1) is 6.04 Å². The van der Waals surface area contributed by atoms with Gasteiger partial charge in [0.1, 0.15) is 6.54 Å². The van der Waals surface area contributed by atoms with Crippen molar-refractivity contribution in [2.75, 3.05) is 19.6 Å². The number of nitrogens with zero attached hydrogens (tertiary/aromatic N) is 3. The lowest BCUT2D eigenvalue weighted by atomic mass is 9.68. The van der Waals surface area contributed by atoms with Crippen LogP contribution in [0.25, 0.3) is 10.9 Å². The number of likely N-dealkylation sites (tertiary alicyclic amines) is 1. The molecule has 3 aliphatic heterocycles. The quantitative estimate of drug-likeness (QED) is 0.725. The minimum atomic E-state index is 0.293. The number of amides is 1. The van der Waals surface area contributed by atoms with E-state index in [1.54, 1.807) is 5.57 Å². The van der Waals surface area contributed by atoms with Crippen molar-refractivity contribution >= 4 is 16.8 Å². The summed E-state index contributed by atoms with van der Waals surface area (Å²) in [6.07, 6.45) is 12.4. The summed E-state index contributed by atoms with van der Waals surface area (Å²) in [6.45, 7) is 3.83. The van der Waals surface area contributed by atoms with Gasteiger partial charge in [-0.3, -0.25) is 9.69 Å². The van der Waals surface area contributed by atoms with Crippen LogP contribution in [0.3, 0.4) is 0 Å². The summed E-state index contributed by atoms with van der Waals surface area (Å²) in [7, 11) is 0. The third kappa shape index (κ3) is 2.95. The number of hydrogen-bond acceptors (Lipinski definition) is 2. The Morgan fingerprint density at radius 1 is 1.07 bits per heavy atom. The molecular formula is C25H31N3O. The van der Waals surface area contributed by atoms with E-state index in [0.29, 0.717) is 24.4 Å². The lowest BCUT2D eigenvalue weighted by Gasteiger charge is -2.54. The van der Waals surface area contributed by atoms with Gasteiger partial charge in [0.15, 0.2) is 0 Å². The maximum absolute atomic E-state index is 13.5. The van der Waals surface area contributed by atoms with Gasteiger partial charge < -0.3 is 9.47 Å². The average Bonchev–Trinajstić information content (AvgIpc) is 3.16. The Morgan fingerprint density at radius 3 is 2.97 bits per heavy atom. The van der Waals surface area contributed by atoms with Crippen LogP contribution in [0.15, 0.2) is 48.2 Å². The summed E-state index contributed by atoms with van der Waals surface area (Å²) in [4.78, 5) is 18.5. The Balaban J connectivity index is 1.27. The van der Waals surface area contributed by atoms with E-state index in [-0.39, 0.29) is 0 Å². The molecule has 4 nitrogen and oxygen atoms in total. The highest BCUT2D eigenvalue weighted by Gasteiger charge is 2.46. The molecule has 152 valence electrons. The average molecular weight is 390 g/mol. The van der Waals surface area contributed by atoms with E-state index in [1.807, 2.05) is 0 Å². The summed E-state index contributed by atoms with van der Waals surface area (Å²) in [5.41, 5.74) is 2.74. The van der Waals surface area contributed by atoms with E-state index >= 15 is 0 Å². The Morgan fingerprint density at radius 2 is 2.00 bits per heavy atom. The third-order valence-electron chi connectivity index (χ3n) is 7.96. The van der Waals surface area contributed by atoms with Crippen molar-refractivity contribution in [1.29, 1.82) is 0 Å². The Labute approximate surface area is 173 Å². The number of benzene rings is 1. The molecule has 0 saturated carbocycles. The van der Waals surface area contributed by atoms with Crippen molar-refractivity contribution in [3.8, 4) is 0 Å². The van der Waals surface area contributed by atoms with Crippen LogP contribution in [0.2, 0.25) is 0 Å². The van der Waals surface area contributed by atoms with E-state index in [2.05, 4.69) is 57.0 Å². The highest BCUT2D eigenvalue weighted by atomic mass is 16.2. The van der Waals surface area contributed by atoms with Crippen molar-refractivity contribution in [1.82, 2.24) is 14.4 Å². The number of aromatic nitrogens is 1. The second kappa shape index (κ2) is 7.02. The number of piperidine rings is 3. The Kier molecular flexibility index (Phi) is 4.30. The zero-order valence-electron chi connectivity index (χ0n) is 17.2. The van der Waals surface area contributed by atoms with Crippen LogP contribution < -0.4 is 0 Å². The van der Waals surface area contributed by atoms with Gasteiger partial charge in [0.25, 0.3) is 0 Å². The number of para-hydroxylation sites is 1. The highest BCUT2D eigenvalue weighted by molar-refractivity contribution is 5.83. The van der Waals surface area contributed by atoms with Crippen LogP contribution in [0.4, 0.5) is 0 Å². The van der Waals surface area contributed by atoms with Gasteiger partial charge in [-0.15, -0.1) is 0 Å². The van der Waals surface area contributed by atoms with Gasteiger partial charge >= 0.3 is 0 Å². The minimum Gasteiger partial charge on any atom is -0.338 e. The molecule has 2 aromatic rings. The van der Waals surface area contributed by atoms with Gasteiger partial charge in [-0.25, -0.2) is 0 Å². The fraction of sp³-hybridized carbons (Fsp3) is 0.560. The lowest BCUT2D eigenvalue weighted by Crippen LogP contribution is -2.60. The van der Waals surface area contributed by atoms with Crippen molar-refractivity contribution < 1.29 is 4.79 Å². The molecule has 1 amide bonds. The standard InChI is InChI=1S/C25H31N3O/c29-24(17-27-13-10-18-6-1-2-8-22(18)27)28-12-5-7-19-14-20-15-21(25(19)28)16-26-11-4-3-9-23(20)26/h1-2,6,8,10,13-14,20-21,23,25H,3-5,7,9,11-12,15-17H2/t20-,21-,23+,25-/m0/s1. The first-order valence-electron chi connectivity index (χ1n) is 11.6. The fourth-order valence-corrected chi connectivity index (χ4v) is 6.77. The Hall–Kier alpha value is -2.07. The van der Waals surface area contributed by atoms with E-state index in [1.165, 1.54) is 50.6 Å². The summed E-state index contributed by atoms with van der Waals surface area (Å²) in [5, 5.41) is 1.21. The van der Waals surface area contributed by atoms with Gasteiger partial charge in [-0.05, 0) is 68.0 Å². The molecule has 2 bridgehead atoms.